The Kier molecular flexibility index (Phi) is 6.36. The maximum atomic E-state index is 13.2. The van der Waals surface area contributed by atoms with Crippen molar-refractivity contribution in [2.75, 3.05) is 11.7 Å². The lowest BCUT2D eigenvalue weighted by molar-refractivity contribution is -0.122. The molecule has 37 heavy (non-hydrogen) atoms. The van der Waals surface area contributed by atoms with Crippen LogP contribution in [0.25, 0.3) is 6.08 Å². The number of ether oxygens (including phenoxy) is 3. The Morgan fingerprint density at radius 2 is 1.86 bits per heavy atom. The fourth-order valence-corrected chi connectivity index (χ4v) is 4.27. The molecule has 0 unspecified atom stereocenters. The smallest absolute Gasteiger partial charge is 0.335 e. The highest BCUT2D eigenvalue weighted by Gasteiger charge is 2.37. The number of amides is 4. The number of nitrogens with one attached hydrogen (secondary N) is 1. The van der Waals surface area contributed by atoms with Crippen molar-refractivity contribution in [3.8, 4) is 17.2 Å². The molecule has 5 rings (SSSR count). The summed E-state index contributed by atoms with van der Waals surface area (Å²) in [4.78, 5) is 50.1. The van der Waals surface area contributed by atoms with Crippen LogP contribution in [-0.4, -0.2) is 35.7 Å². The van der Waals surface area contributed by atoms with Crippen LogP contribution in [0.2, 0.25) is 0 Å². The lowest BCUT2D eigenvalue weighted by Gasteiger charge is -2.26. The summed E-state index contributed by atoms with van der Waals surface area (Å²) in [6.07, 6.45) is 1.37. The third-order valence-electron chi connectivity index (χ3n) is 5.55. The van der Waals surface area contributed by atoms with Crippen molar-refractivity contribution in [2.24, 2.45) is 0 Å². The second-order valence-corrected chi connectivity index (χ2v) is 8.83. The van der Waals surface area contributed by atoms with Gasteiger partial charge in [-0.05, 0) is 69.5 Å². The van der Waals surface area contributed by atoms with Gasteiger partial charge < -0.3 is 19.3 Å². The van der Waals surface area contributed by atoms with Crippen molar-refractivity contribution in [3.05, 3.63) is 87.4 Å². The van der Waals surface area contributed by atoms with E-state index in [2.05, 4.69) is 21.2 Å². The summed E-state index contributed by atoms with van der Waals surface area (Å²) in [5, 5.41) is 11.3. The van der Waals surface area contributed by atoms with E-state index in [9.17, 15) is 19.2 Å². The molecular weight excluding hydrogens is 548 g/mol. The topological polar surface area (TPSA) is 131 Å². The molecule has 2 aliphatic rings. The van der Waals surface area contributed by atoms with E-state index < -0.39 is 23.8 Å². The molecule has 0 atom stereocenters. The number of nitrogens with zero attached hydrogens (tertiary/aromatic N) is 1. The van der Waals surface area contributed by atoms with E-state index in [0.717, 1.165) is 4.90 Å². The van der Waals surface area contributed by atoms with Gasteiger partial charge >= 0.3 is 12.0 Å². The summed E-state index contributed by atoms with van der Waals surface area (Å²) < 4.78 is 16.9. The number of fused-ring (bicyclic) bond motifs is 1. The number of hydrogen-bond donors (Lipinski definition) is 2. The molecule has 3 aromatic carbocycles. The average molecular weight is 565 g/mol. The Morgan fingerprint density at radius 1 is 1.05 bits per heavy atom. The third-order valence-corrected chi connectivity index (χ3v) is 6.17. The number of aromatic carboxylic acids is 1. The monoisotopic (exact) mass is 564 g/mol. The van der Waals surface area contributed by atoms with Crippen LogP contribution in [0.5, 0.6) is 17.2 Å². The van der Waals surface area contributed by atoms with E-state index in [-0.39, 0.29) is 30.2 Å². The molecule has 0 saturated carbocycles. The molecule has 0 spiro atoms. The van der Waals surface area contributed by atoms with Gasteiger partial charge in [-0.3, -0.25) is 14.9 Å². The van der Waals surface area contributed by atoms with Crippen molar-refractivity contribution in [3.63, 3.8) is 0 Å². The van der Waals surface area contributed by atoms with Gasteiger partial charge in [0.05, 0.1) is 15.7 Å². The van der Waals surface area contributed by atoms with E-state index in [1.165, 1.54) is 30.3 Å². The number of rotatable bonds is 6. The number of halogens is 1. The molecule has 0 radical (unpaired) electrons. The highest BCUT2D eigenvalue weighted by Crippen LogP contribution is 2.36. The van der Waals surface area contributed by atoms with Gasteiger partial charge in [0.25, 0.3) is 11.8 Å². The van der Waals surface area contributed by atoms with Crippen molar-refractivity contribution < 1.29 is 38.5 Å². The number of urea groups is 1. The third kappa shape index (κ3) is 4.89. The molecule has 0 bridgehead atoms. The van der Waals surface area contributed by atoms with Crippen LogP contribution in [0.1, 0.15) is 21.5 Å². The maximum absolute atomic E-state index is 13.2. The number of barbiturate groups is 1. The molecule has 4 amide bonds. The number of anilines is 1. The zero-order valence-corrected chi connectivity index (χ0v) is 20.5. The molecule has 10 nitrogen and oxygen atoms in total. The lowest BCUT2D eigenvalue weighted by atomic mass is 10.1. The van der Waals surface area contributed by atoms with Crippen molar-refractivity contribution >= 4 is 51.5 Å². The van der Waals surface area contributed by atoms with E-state index >= 15 is 0 Å². The number of carboxylic acid groups (broad SMARTS) is 1. The first kappa shape index (κ1) is 24.1. The molecule has 2 heterocycles. The van der Waals surface area contributed by atoms with Gasteiger partial charge in [-0.15, -0.1) is 0 Å². The minimum absolute atomic E-state index is 0.0336. The number of carbonyl (C=O) groups is 4. The van der Waals surface area contributed by atoms with Crippen LogP contribution in [-0.2, 0) is 16.2 Å². The van der Waals surface area contributed by atoms with Crippen LogP contribution in [0.15, 0.2) is 70.7 Å². The van der Waals surface area contributed by atoms with Crippen molar-refractivity contribution in [2.45, 2.75) is 6.61 Å². The quantitative estimate of drug-likeness (QED) is 0.337. The molecule has 11 heteroatoms. The fraction of sp³-hybridized carbons (Fsp3) is 0.0769. The largest absolute Gasteiger partial charge is 0.488 e. The summed E-state index contributed by atoms with van der Waals surface area (Å²) in [7, 11) is 0. The lowest BCUT2D eigenvalue weighted by Crippen LogP contribution is -2.54. The maximum Gasteiger partial charge on any atom is 0.335 e. The second kappa shape index (κ2) is 9.78. The van der Waals surface area contributed by atoms with E-state index in [4.69, 9.17) is 19.3 Å². The zero-order chi connectivity index (χ0) is 26.1. The first-order valence-electron chi connectivity index (χ1n) is 10.9. The highest BCUT2D eigenvalue weighted by atomic mass is 79.9. The van der Waals surface area contributed by atoms with Crippen LogP contribution in [0.4, 0.5) is 10.5 Å². The van der Waals surface area contributed by atoms with Gasteiger partial charge in [0.15, 0.2) is 11.5 Å². The number of hydrogen-bond acceptors (Lipinski definition) is 7. The zero-order valence-electron chi connectivity index (χ0n) is 18.9. The summed E-state index contributed by atoms with van der Waals surface area (Å²) >= 11 is 3.42. The highest BCUT2D eigenvalue weighted by molar-refractivity contribution is 9.10. The Bertz CT molecular complexity index is 1500. The molecular formula is C26H17BrN2O8. The molecule has 0 aliphatic carbocycles. The van der Waals surface area contributed by atoms with Gasteiger partial charge in [-0.1, -0.05) is 18.2 Å². The second-order valence-electron chi connectivity index (χ2n) is 7.98. The number of carbonyl (C=O) groups excluding carboxylic acids is 3. The number of imide groups is 2. The molecule has 3 aromatic rings. The molecule has 0 aromatic heterocycles. The molecule has 186 valence electrons. The summed E-state index contributed by atoms with van der Waals surface area (Å²) in [6, 6.07) is 15.0. The van der Waals surface area contributed by atoms with Crippen LogP contribution < -0.4 is 24.4 Å². The van der Waals surface area contributed by atoms with E-state index in [1.807, 2.05) is 0 Å². The molecule has 1 fully saturated rings. The molecule has 2 N–H and O–H groups in total. The van der Waals surface area contributed by atoms with Crippen molar-refractivity contribution in [1.82, 2.24) is 5.32 Å². The predicted octanol–water partition coefficient (Wildman–Crippen LogP) is 4.12. The molecule has 2 aliphatic heterocycles. The SMILES string of the molecule is O=C1NC(=O)N(c2ccc3c(c2)OCO3)C(=O)/C1=C/c1ccc(OCc2cccc(C(=O)O)c2)c(Br)c1. The van der Waals surface area contributed by atoms with E-state index in [0.29, 0.717) is 32.8 Å². The Morgan fingerprint density at radius 3 is 2.65 bits per heavy atom. The molecule has 1 saturated heterocycles. The summed E-state index contributed by atoms with van der Waals surface area (Å²) in [5.74, 6) is -1.29. The van der Waals surface area contributed by atoms with Crippen LogP contribution in [0.3, 0.4) is 0 Å². The van der Waals surface area contributed by atoms with Gasteiger partial charge in [0.2, 0.25) is 6.79 Å². The van der Waals surface area contributed by atoms with Gasteiger partial charge in [0.1, 0.15) is 17.9 Å². The minimum Gasteiger partial charge on any atom is -0.488 e. The standard InChI is InChI=1S/C26H17BrN2O8/c27-19-10-14(4-6-20(19)35-12-15-2-1-3-16(8-15)25(32)33)9-18-23(30)28-26(34)29(24(18)31)17-5-7-21-22(11-17)37-13-36-21/h1-11H,12-13H2,(H,32,33)(H,28,30,34)/b18-9+. The first-order valence-corrected chi connectivity index (χ1v) is 11.6. The average Bonchev–Trinajstić information content (AvgIpc) is 3.34. The van der Waals surface area contributed by atoms with Gasteiger partial charge in [0, 0.05) is 6.07 Å². The number of carboxylic acids is 1. The Hall–Kier alpha value is -4.64. The fourth-order valence-electron chi connectivity index (χ4n) is 3.76. The van der Waals surface area contributed by atoms with Crippen LogP contribution in [0, 0.1) is 0 Å². The van der Waals surface area contributed by atoms with Crippen LogP contribution >= 0.6 is 15.9 Å². The van der Waals surface area contributed by atoms with Gasteiger partial charge in [-0.2, -0.15) is 0 Å². The summed E-state index contributed by atoms with van der Waals surface area (Å²) in [5.41, 5.74) is 1.33. The van der Waals surface area contributed by atoms with E-state index in [1.54, 1.807) is 36.4 Å². The van der Waals surface area contributed by atoms with Crippen molar-refractivity contribution in [1.29, 1.82) is 0 Å². The predicted molar refractivity (Wildman–Crippen MR) is 133 cm³/mol. The normalized spacial score (nSPS) is 15.6. The Balaban J connectivity index is 1.35. The first-order chi connectivity index (χ1) is 17.8. The minimum atomic E-state index is -1.03. The Labute approximate surface area is 218 Å². The summed E-state index contributed by atoms with van der Waals surface area (Å²) in [6.45, 7) is 0.166. The van der Waals surface area contributed by atoms with Gasteiger partial charge in [-0.25, -0.2) is 14.5 Å². The number of benzene rings is 3.